The molecule has 2 aromatic rings. The Balaban J connectivity index is 2.17. The second kappa shape index (κ2) is 10.2. The third-order valence-corrected chi connectivity index (χ3v) is 5.09. The van der Waals surface area contributed by atoms with E-state index in [1.54, 1.807) is 43.3 Å². The number of likely N-dealkylation sites (tertiary alicyclic amines) is 1. The molecule has 1 saturated heterocycles. The molecule has 0 bridgehead atoms. The van der Waals surface area contributed by atoms with Crippen LogP contribution >= 0.6 is 0 Å². The van der Waals surface area contributed by atoms with Gasteiger partial charge in [0.1, 0.15) is 11.5 Å². The molecule has 1 unspecified atom stereocenters. The van der Waals surface area contributed by atoms with Gasteiger partial charge in [-0.3, -0.25) is 9.59 Å². The van der Waals surface area contributed by atoms with Gasteiger partial charge in [-0.15, -0.1) is 0 Å². The number of phenolic OH excluding ortho intramolecular Hbond substituents is 1. The van der Waals surface area contributed by atoms with Crippen LogP contribution in [0.15, 0.2) is 48.0 Å². The minimum Gasteiger partial charge on any atom is -0.507 e. The summed E-state index contributed by atoms with van der Waals surface area (Å²) in [5, 5.41) is 21.2. The van der Waals surface area contributed by atoms with Gasteiger partial charge in [0.05, 0.1) is 31.4 Å². The number of ketones is 1. The summed E-state index contributed by atoms with van der Waals surface area (Å²) in [7, 11) is 1.50. The molecule has 2 aromatic carbocycles. The van der Waals surface area contributed by atoms with Crippen LogP contribution in [0, 0.1) is 0 Å². The zero-order valence-corrected chi connectivity index (χ0v) is 18.3. The SMILES string of the molecule is CCOc1cccc(C(O)=C2C(=O)C(=O)N(CCOC)C2c2ccc(O)c(OCC)c2)c1. The van der Waals surface area contributed by atoms with Crippen LogP contribution in [0.3, 0.4) is 0 Å². The average molecular weight is 441 g/mol. The molecule has 2 N–H and O–H groups in total. The van der Waals surface area contributed by atoms with Crippen LogP contribution in [0.5, 0.6) is 17.2 Å². The molecule has 0 spiro atoms. The van der Waals surface area contributed by atoms with Gasteiger partial charge in [-0.05, 0) is 43.7 Å². The zero-order valence-electron chi connectivity index (χ0n) is 18.3. The number of hydrogen-bond donors (Lipinski definition) is 2. The number of phenols is 1. The number of aromatic hydroxyl groups is 1. The average Bonchev–Trinajstić information content (AvgIpc) is 3.04. The summed E-state index contributed by atoms with van der Waals surface area (Å²) in [6, 6.07) is 10.4. The van der Waals surface area contributed by atoms with Crippen molar-refractivity contribution in [3.8, 4) is 17.2 Å². The smallest absolute Gasteiger partial charge is 0.295 e. The summed E-state index contributed by atoms with van der Waals surface area (Å²) in [4.78, 5) is 27.2. The number of rotatable bonds is 9. The summed E-state index contributed by atoms with van der Waals surface area (Å²) in [5.74, 6) is -1.14. The van der Waals surface area contributed by atoms with E-state index in [0.717, 1.165) is 0 Å². The first kappa shape index (κ1) is 23.1. The second-order valence-electron chi connectivity index (χ2n) is 7.11. The molecule has 3 rings (SSSR count). The van der Waals surface area contributed by atoms with E-state index in [-0.39, 0.29) is 36.0 Å². The van der Waals surface area contributed by atoms with Gasteiger partial charge in [-0.1, -0.05) is 18.2 Å². The highest BCUT2D eigenvalue weighted by Crippen LogP contribution is 2.41. The number of nitrogens with zero attached hydrogens (tertiary/aromatic N) is 1. The predicted octanol–water partition coefficient (Wildman–Crippen LogP) is 3.26. The van der Waals surface area contributed by atoms with Crippen LogP contribution in [0.25, 0.3) is 5.76 Å². The molecule has 1 aliphatic rings. The maximum absolute atomic E-state index is 13.0. The van der Waals surface area contributed by atoms with Gasteiger partial charge in [0.25, 0.3) is 11.7 Å². The quantitative estimate of drug-likeness (QED) is 0.350. The fourth-order valence-corrected chi connectivity index (χ4v) is 3.67. The number of benzene rings is 2. The van der Waals surface area contributed by atoms with Crippen molar-refractivity contribution in [2.75, 3.05) is 33.5 Å². The van der Waals surface area contributed by atoms with Gasteiger partial charge in [0.2, 0.25) is 0 Å². The molecule has 8 heteroatoms. The highest BCUT2D eigenvalue weighted by atomic mass is 16.5. The molecule has 1 atom stereocenters. The number of carbonyl (C=O) groups excluding carboxylic acids is 2. The van der Waals surface area contributed by atoms with Gasteiger partial charge in [-0.2, -0.15) is 0 Å². The van der Waals surface area contributed by atoms with E-state index >= 15 is 0 Å². The molecule has 0 radical (unpaired) electrons. The first-order valence-corrected chi connectivity index (χ1v) is 10.4. The molecular formula is C24H27NO7. The third-order valence-electron chi connectivity index (χ3n) is 5.09. The van der Waals surface area contributed by atoms with Crippen molar-refractivity contribution in [3.05, 3.63) is 59.2 Å². The van der Waals surface area contributed by atoms with E-state index in [4.69, 9.17) is 14.2 Å². The molecule has 0 saturated carbocycles. The molecule has 1 fully saturated rings. The monoisotopic (exact) mass is 441 g/mol. The van der Waals surface area contributed by atoms with Gasteiger partial charge >= 0.3 is 0 Å². The summed E-state index contributed by atoms with van der Waals surface area (Å²) < 4.78 is 16.1. The lowest BCUT2D eigenvalue weighted by molar-refractivity contribution is -0.140. The van der Waals surface area contributed by atoms with Crippen molar-refractivity contribution >= 4 is 17.4 Å². The van der Waals surface area contributed by atoms with Crippen LogP contribution in [0.2, 0.25) is 0 Å². The Morgan fingerprint density at radius 1 is 1.06 bits per heavy atom. The first-order valence-electron chi connectivity index (χ1n) is 10.4. The van der Waals surface area contributed by atoms with Crippen LogP contribution in [-0.2, 0) is 14.3 Å². The van der Waals surface area contributed by atoms with Crippen molar-refractivity contribution in [2.45, 2.75) is 19.9 Å². The molecule has 1 amide bonds. The topological polar surface area (TPSA) is 106 Å². The highest BCUT2D eigenvalue weighted by molar-refractivity contribution is 6.46. The predicted molar refractivity (Wildman–Crippen MR) is 118 cm³/mol. The third kappa shape index (κ3) is 4.55. The molecule has 0 aromatic heterocycles. The molecule has 32 heavy (non-hydrogen) atoms. The standard InChI is InChI=1S/C24H27NO7/c1-4-31-17-8-6-7-16(13-17)22(27)20-21(25(11-12-30-3)24(29)23(20)28)15-9-10-18(26)19(14-15)32-5-2/h6-10,13-14,21,26-27H,4-5,11-12H2,1-3H3. The number of aliphatic hydroxyl groups excluding tert-OH is 1. The Kier molecular flexibility index (Phi) is 7.37. The Morgan fingerprint density at radius 2 is 1.81 bits per heavy atom. The van der Waals surface area contributed by atoms with Crippen LogP contribution in [0.1, 0.15) is 31.0 Å². The summed E-state index contributed by atoms with van der Waals surface area (Å²) in [5.41, 5.74) is 0.825. The highest BCUT2D eigenvalue weighted by Gasteiger charge is 2.46. The fourth-order valence-electron chi connectivity index (χ4n) is 3.67. The summed E-state index contributed by atoms with van der Waals surface area (Å²) >= 11 is 0. The van der Waals surface area contributed by atoms with Crippen LogP contribution in [-0.4, -0.2) is 60.3 Å². The lowest BCUT2D eigenvalue weighted by Crippen LogP contribution is -2.32. The molecule has 170 valence electrons. The van der Waals surface area contributed by atoms with Gasteiger partial charge in [-0.25, -0.2) is 0 Å². The number of hydrogen-bond acceptors (Lipinski definition) is 7. The fraction of sp³-hybridized carbons (Fsp3) is 0.333. The molecule has 8 nitrogen and oxygen atoms in total. The normalized spacial score (nSPS) is 17.6. The van der Waals surface area contributed by atoms with E-state index in [0.29, 0.717) is 30.1 Å². The van der Waals surface area contributed by atoms with Crippen molar-refractivity contribution < 1.29 is 34.0 Å². The van der Waals surface area contributed by atoms with E-state index < -0.39 is 17.7 Å². The van der Waals surface area contributed by atoms with Crippen LogP contribution in [0.4, 0.5) is 0 Å². The lowest BCUT2D eigenvalue weighted by Gasteiger charge is -2.25. The van der Waals surface area contributed by atoms with E-state index in [1.807, 2.05) is 6.92 Å². The Labute approximate surface area is 186 Å². The number of aliphatic hydroxyl groups is 1. The largest absolute Gasteiger partial charge is 0.507 e. The van der Waals surface area contributed by atoms with Gasteiger partial charge < -0.3 is 29.3 Å². The van der Waals surface area contributed by atoms with Crippen molar-refractivity contribution in [3.63, 3.8) is 0 Å². The number of ether oxygens (including phenoxy) is 3. The Hall–Kier alpha value is -3.52. The number of carbonyl (C=O) groups is 2. The maximum Gasteiger partial charge on any atom is 0.295 e. The van der Waals surface area contributed by atoms with E-state index in [9.17, 15) is 19.8 Å². The summed E-state index contributed by atoms with van der Waals surface area (Å²) in [6.45, 7) is 4.74. The van der Waals surface area contributed by atoms with Crippen LogP contribution < -0.4 is 9.47 Å². The number of amides is 1. The number of methoxy groups -OCH3 is 1. The second-order valence-corrected chi connectivity index (χ2v) is 7.11. The number of Topliss-reactive ketones (excluding diaryl/α,β-unsaturated/α-hetero) is 1. The minimum absolute atomic E-state index is 0.0483. The van der Waals surface area contributed by atoms with Crippen molar-refractivity contribution in [1.29, 1.82) is 0 Å². The maximum atomic E-state index is 13.0. The first-order chi connectivity index (χ1) is 15.4. The van der Waals surface area contributed by atoms with Crippen molar-refractivity contribution in [1.82, 2.24) is 4.90 Å². The Bertz CT molecular complexity index is 1030. The molecular weight excluding hydrogens is 414 g/mol. The molecule has 1 heterocycles. The molecule has 1 aliphatic heterocycles. The molecule has 0 aliphatic carbocycles. The van der Waals surface area contributed by atoms with Crippen molar-refractivity contribution in [2.24, 2.45) is 0 Å². The zero-order chi connectivity index (χ0) is 23.3. The Morgan fingerprint density at radius 3 is 2.50 bits per heavy atom. The van der Waals surface area contributed by atoms with Gasteiger partial charge in [0.15, 0.2) is 11.5 Å². The van der Waals surface area contributed by atoms with E-state index in [1.165, 1.54) is 18.1 Å². The summed E-state index contributed by atoms with van der Waals surface area (Å²) in [6.07, 6.45) is 0. The van der Waals surface area contributed by atoms with E-state index in [2.05, 4.69) is 0 Å². The van der Waals surface area contributed by atoms with Gasteiger partial charge in [0, 0.05) is 19.2 Å². The lowest BCUT2D eigenvalue weighted by atomic mass is 9.95. The minimum atomic E-state index is -0.874.